The summed E-state index contributed by atoms with van der Waals surface area (Å²) < 4.78 is 5.24. The Bertz CT molecular complexity index is 621. The third-order valence-electron chi connectivity index (χ3n) is 2.89. The van der Waals surface area contributed by atoms with Crippen LogP contribution in [0.1, 0.15) is 32.9 Å². The van der Waals surface area contributed by atoms with Gasteiger partial charge in [0, 0.05) is 10.9 Å². The topological polar surface area (TPSA) is 76.1 Å². The van der Waals surface area contributed by atoms with Crippen molar-refractivity contribution < 1.29 is 9.53 Å². The van der Waals surface area contributed by atoms with Crippen LogP contribution in [0.3, 0.4) is 0 Å². The summed E-state index contributed by atoms with van der Waals surface area (Å²) in [6.45, 7) is 8.11. The van der Waals surface area contributed by atoms with Crippen molar-refractivity contribution in [2.24, 2.45) is 0 Å². The third kappa shape index (κ3) is 4.40. The number of thiazole rings is 2. The summed E-state index contributed by atoms with van der Waals surface area (Å²) in [5.74, 6) is 0.285. The summed E-state index contributed by atoms with van der Waals surface area (Å²) in [4.78, 5) is 20.1. The lowest BCUT2D eigenvalue weighted by Crippen LogP contribution is -2.29. The molecular weight excluding hydrogens is 308 g/mol. The smallest absolute Gasteiger partial charge is 0.388 e. The Morgan fingerprint density at radius 3 is 2.81 bits per heavy atom. The largest absolute Gasteiger partial charge is 0.420 e. The predicted octanol–water partition coefficient (Wildman–Crippen LogP) is 4.12. The number of nitrogens with zero attached hydrogens (tertiary/aromatic N) is 2. The fraction of sp³-hybridized carbons (Fsp3) is 0.462. The van der Waals surface area contributed by atoms with E-state index in [0.29, 0.717) is 5.13 Å². The molecule has 0 radical (unpaired) electrons. The van der Waals surface area contributed by atoms with Gasteiger partial charge in [0.1, 0.15) is 0 Å². The fourth-order valence-corrected chi connectivity index (χ4v) is 2.86. The number of aryl methyl sites for hydroxylation is 1. The third-order valence-corrected chi connectivity index (χ3v) is 4.49. The highest BCUT2D eigenvalue weighted by atomic mass is 32.1. The monoisotopic (exact) mass is 326 g/mol. The molecule has 0 aliphatic carbocycles. The molecule has 2 heterocycles. The first-order valence-electron chi connectivity index (χ1n) is 6.52. The lowest BCUT2D eigenvalue weighted by atomic mass is 10.0. The van der Waals surface area contributed by atoms with E-state index < -0.39 is 6.09 Å². The summed E-state index contributed by atoms with van der Waals surface area (Å²) >= 11 is 2.76. The number of rotatable bonds is 5. The molecule has 6 nitrogen and oxygen atoms in total. The lowest BCUT2D eigenvalue weighted by molar-refractivity contribution is 0.214. The van der Waals surface area contributed by atoms with Crippen LogP contribution in [0.15, 0.2) is 10.9 Å². The van der Waals surface area contributed by atoms with Crippen molar-refractivity contribution in [1.29, 1.82) is 0 Å². The first-order valence-corrected chi connectivity index (χ1v) is 8.28. The highest BCUT2D eigenvalue weighted by Crippen LogP contribution is 2.31. The summed E-state index contributed by atoms with van der Waals surface area (Å²) in [5, 5.41) is 9.03. The maximum atomic E-state index is 11.8. The van der Waals surface area contributed by atoms with E-state index in [2.05, 4.69) is 41.4 Å². The van der Waals surface area contributed by atoms with Crippen LogP contribution >= 0.6 is 22.7 Å². The van der Waals surface area contributed by atoms with E-state index in [0.717, 1.165) is 17.1 Å². The van der Waals surface area contributed by atoms with Crippen LogP contribution in [0.4, 0.5) is 14.9 Å². The van der Waals surface area contributed by atoms with E-state index in [1.54, 1.807) is 5.51 Å². The zero-order valence-electron chi connectivity index (χ0n) is 12.4. The Morgan fingerprint density at radius 1 is 1.43 bits per heavy atom. The van der Waals surface area contributed by atoms with E-state index in [1.807, 2.05) is 12.3 Å². The van der Waals surface area contributed by atoms with Crippen LogP contribution in [-0.2, 0) is 0 Å². The van der Waals surface area contributed by atoms with Crippen molar-refractivity contribution in [3.8, 4) is 5.88 Å². The normalized spacial score (nSPS) is 11.2. The molecule has 114 valence electrons. The molecule has 1 amide bonds. The maximum absolute atomic E-state index is 11.8. The second kappa shape index (κ2) is 6.40. The van der Waals surface area contributed by atoms with E-state index in [-0.39, 0.29) is 11.4 Å². The molecule has 2 aromatic heterocycles. The minimum absolute atomic E-state index is 0.0897. The Balaban J connectivity index is 2.00. The molecule has 0 atom stereocenters. The first-order chi connectivity index (χ1) is 9.89. The van der Waals surface area contributed by atoms with Crippen LogP contribution in [0.2, 0.25) is 0 Å². The number of aromatic nitrogens is 2. The van der Waals surface area contributed by atoms with Gasteiger partial charge in [0.05, 0.1) is 11.2 Å². The Labute approximate surface area is 131 Å². The van der Waals surface area contributed by atoms with Gasteiger partial charge in [0.15, 0.2) is 10.1 Å². The summed E-state index contributed by atoms with van der Waals surface area (Å²) in [6.07, 6.45) is 0.349. The van der Waals surface area contributed by atoms with E-state index in [9.17, 15) is 4.79 Å². The number of carbonyl (C=O) groups excluding carboxylic acids is 1. The van der Waals surface area contributed by atoms with Crippen LogP contribution in [-0.4, -0.2) is 21.6 Å². The molecule has 0 spiro atoms. The number of ether oxygens (including phenoxy) is 1. The molecule has 21 heavy (non-hydrogen) atoms. The van der Waals surface area contributed by atoms with Crippen molar-refractivity contribution in [2.75, 3.05) is 10.6 Å². The van der Waals surface area contributed by atoms with Crippen molar-refractivity contribution >= 4 is 38.9 Å². The molecule has 0 aromatic carbocycles. The van der Waals surface area contributed by atoms with Gasteiger partial charge in [0.25, 0.3) is 5.88 Å². The minimum Gasteiger partial charge on any atom is -0.388 e. The Hall–Kier alpha value is -1.67. The maximum Gasteiger partial charge on any atom is 0.420 e. The first kappa shape index (κ1) is 15.7. The zero-order valence-corrected chi connectivity index (χ0v) is 14.0. The Kier molecular flexibility index (Phi) is 4.79. The molecule has 0 saturated heterocycles. The molecule has 2 N–H and O–H groups in total. The number of amides is 1. The number of hydrogen-bond donors (Lipinski definition) is 2. The Morgan fingerprint density at radius 2 is 2.19 bits per heavy atom. The average molecular weight is 326 g/mol. The van der Waals surface area contributed by atoms with E-state index in [4.69, 9.17) is 4.74 Å². The SMILES string of the molecule is CCC(C)(C)Nc1scnc1OC(=O)Nc1nc(C)cs1. The summed E-state index contributed by atoms with van der Waals surface area (Å²) in [7, 11) is 0. The van der Waals surface area contributed by atoms with Crippen LogP contribution in [0, 0.1) is 6.92 Å². The van der Waals surface area contributed by atoms with Gasteiger partial charge < -0.3 is 10.1 Å². The highest BCUT2D eigenvalue weighted by molar-refractivity contribution is 7.14. The standard InChI is InChI=1S/C13H18N4O2S2/c1-5-13(3,4)17-10-9(14-7-21-10)19-12(18)16-11-15-8(2)6-20-11/h6-7,17H,5H2,1-4H3,(H,15,16,18). The van der Waals surface area contributed by atoms with Gasteiger partial charge in [-0.25, -0.2) is 14.8 Å². The van der Waals surface area contributed by atoms with E-state index in [1.165, 1.54) is 22.7 Å². The highest BCUT2D eigenvalue weighted by Gasteiger charge is 2.20. The fourth-order valence-electron chi connectivity index (χ4n) is 1.40. The van der Waals surface area contributed by atoms with Gasteiger partial charge in [-0.05, 0) is 27.2 Å². The van der Waals surface area contributed by atoms with Crippen molar-refractivity contribution in [3.63, 3.8) is 0 Å². The van der Waals surface area contributed by atoms with Gasteiger partial charge in [-0.15, -0.1) is 22.7 Å². The lowest BCUT2D eigenvalue weighted by Gasteiger charge is -2.24. The molecule has 0 fully saturated rings. The van der Waals surface area contributed by atoms with Crippen molar-refractivity contribution in [2.45, 2.75) is 39.7 Å². The molecule has 0 aliphatic heterocycles. The average Bonchev–Trinajstić information content (AvgIpc) is 2.99. The quantitative estimate of drug-likeness (QED) is 0.864. The van der Waals surface area contributed by atoms with Gasteiger partial charge in [-0.1, -0.05) is 6.92 Å². The molecule has 0 unspecified atom stereocenters. The number of carbonyl (C=O) groups is 1. The molecule has 0 bridgehead atoms. The molecular formula is C13H18N4O2S2. The van der Waals surface area contributed by atoms with Crippen molar-refractivity contribution in [3.05, 3.63) is 16.6 Å². The molecule has 0 aliphatic rings. The van der Waals surface area contributed by atoms with Gasteiger partial charge >= 0.3 is 6.09 Å². The minimum atomic E-state index is -0.590. The number of anilines is 2. The van der Waals surface area contributed by atoms with Crippen LogP contribution < -0.4 is 15.4 Å². The van der Waals surface area contributed by atoms with Crippen LogP contribution in [0.25, 0.3) is 0 Å². The predicted molar refractivity (Wildman–Crippen MR) is 86.6 cm³/mol. The zero-order chi connectivity index (χ0) is 15.5. The molecule has 0 saturated carbocycles. The number of hydrogen-bond acceptors (Lipinski definition) is 7. The second-order valence-electron chi connectivity index (χ2n) is 5.16. The molecule has 2 aromatic rings. The van der Waals surface area contributed by atoms with Crippen molar-refractivity contribution in [1.82, 2.24) is 9.97 Å². The van der Waals surface area contributed by atoms with Gasteiger partial charge in [0.2, 0.25) is 0 Å². The summed E-state index contributed by atoms with van der Waals surface area (Å²) in [6, 6.07) is 0. The number of nitrogens with one attached hydrogen (secondary N) is 2. The van der Waals surface area contributed by atoms with Gasteiger partial charge in [-0.3, -0.25) is 5.32 Å². The molecule has 8 heteroatoms. The van der Waals surface area contributed by atoms with E-state index >= 15 is 0 Å². The summed E-state index contributed by atoms with van der Waals surface area (Å²) in [5.41, 5.74) is 2.41. The second-order valence-corrected chi connectivity index (χ2v) is 6.87. The van der Waals surface area contributed by atoms with Gasteiger partial charge in [-0.2, -0.15) is 0 Å². The molecule has 2 rings (SSSR count). The van der Waals surface area contributed by atoms with Crippen LogP contribution in [0.5, 0.6) is 5.88 Å².